The summed E-state index contributed by atoms with van der Waals surface area (Å²) < 4.78 is 43.7. The summed E-state index contributed by atoms with van der Waals surface area (Å²) in [6.07, 6.45) is -4.37. The minimum Gasteiger partial charge on any atom is -0.473 e. The summed E-state index contributed by atoms with van der Waals surface area (Å²) in [4.78, 5) is 8.57. The molecule has 128 valence electrons. The van der Waals surface area contributed by atoms with Gasteiger partial charge in [-0.15, -0.1) is 0 Å². The van der Waals surface area contributed by atoms with Crippen molar-refractivity contribution in [2.75, 3.05) is 0 Å². The Hall–Kier alpha value is -2.89. The van der Waals surface area contributed by atoms with Crippen LogP contribution in [0.1, 0.15) is 16.8 Å². The van der Waals surface area contributed by atoms with Crippen LogP contribution in [0, 0.1) is 6.92 Å². The topological polar surface area (TPSA) is 35.0 Å². The monoisotopic (exact) mass is 344 g/mol. The van der Waals surface area contributed by atoms with Crippen LogP contribution in [0.3, 0.4) is 0 Å². The molecule has 0 aliphatic carbocycles. The van der Waals surface area contributed by atoms with E-state index in [-0.39, 0.29) is 0 Å². The van der Waals surface area contributed by atoms with Crippen LogP contribution in [0.25, 0.3) is 11.4 Å². The number of aromatic nitrogens is 2. The van der Waals surface area contributed by atoms with E-state index >= 15 is 0 Å². The van der Waals surface area contributed by atoms with Gasteiger partial charge >= 0.3 is 6.18 Å². The molecule has 2 aromatic carbocycles. The van der Waals surface area contributed by atoms with Gasteiger partial charge in [-0.25, -0.2) is 4.98 Å². The van der Waals surface area contributed by atoms with Crippen molar-refractivity contribution in [1.29, 1.82) is 0 Å². The molecule has 0 amide bonds. The molecule has 0 aliphatic rings. The van der Waals surface area contributed by atoms with Crippen molar-refractivity contribution in [1.82, 2.24) is 9.97 Å². The predicted molar refractivity (Wildman–Crippen MR) is 88.0 cm³/mol. The highest BCUT2D eigenvalue weighted by atomic mass is 19.4. The Morgan fingerprint density at radius 2 is 1.60 bits per heavy atom. The lowest BCUT2D eigenvalue weighted by Crippen LogP contribution is -2.04. The van der Waals surface area contributed by atoms with Gasteiger partial charge in [-0.3, -0.25) is 0 Å². The zero-order chi connectivity index (χ0) is 17.9. The van der Waals surface area contributed by atoms with Crippen molar-refractivity contribution in [3.8, 4) is 17.3 Å². The fraction of sp³-hybridized carbons (Fsp3) is 0.158. The second-order valence-electron chi connectivity index (χ2n) is 5.52. The van der Waals surface area contributed by atoms with E-state index in [1.807, 2.05) is 30.3 Å². The molecule has 3 nitrogen and oxygen atoms in total. The summed E-state index contributed by atoms with van der Waals surface area (Å²) in [6.45, 7) is 2.13. The largest absolute Gasteiger partial charge is 0.473 e. The third kappa shape index (κ3) is 4.35. The molecule has 0 saturated heterocycles. The SMILES string of the molecule is Cc1cc(OCc2ccccc2)nc(-c2ccc(C(F)(F)F)cc2)n1. The van der Waals surface area contributed by atoms with Gasteiger partial charge in [0, 0.05) is 17.3 Å². The van der Waals surface area contributed by atoms with E-state index in [4.69, 9.17) is 4.74 Å². The Labute approximate surface area is 143 Å². The first-order valence-electron chi connectivity index (χ1n) is 7.62. The summed E-state index contributed by atoms with van der Waals surface area (Å²) in [5, 5.41) is 0. The van der Waals surface area contributed by atoms with Crippen LogP contribution in [-0.2, 0) is 12.8 Å². The van der Waals surface area contributed by atoms with E-state index in [0.717, 1.165) is 17.7 Å². The Bertz CT molecular complexity index is 847. The molecule has 0 spiro atoms. The van der Waals surface area contributed by atoms with Gasteiger partial charge in [-0.1, -0.05) is 42.5 Å². The van der Waals surface area contributed by atoms with Crippen molar-refractivity contribution in [2.24, 2.45) is 0 Å². The fourth-order valence-electron chi connectivity index (χ4n) is 2.28. The van der Waals surface area contributed by atoms with Gasteiger partial charge in [-0.2, -0.15) is 18.2 Å². The molecule has 0 fully saturated rings. The molecular formula is C19H15F3N2O. The molecule has 0 N–H and O–H groups in total. The predicted octanol–water partition coefficient (Wildman–Crippen LogP) is 5.05. The van der Waals surface area contributed by atoms with Gasteiger partial charge in [-0.05, 0) is 24.6 Å². The summed E-state index contributed by atoms with van der Waals surface area (Å²) in [5.74, 6) is 0.711. The van der Waals surface area contributed by atoms with Crippen molar-refractivity contribution < 1.29 is 17.9 Å². The number of aryl methyl sites for hydroxylation is 1. The molecule has 1 aromatic heterocycles. The molecule has 3 aromatic rings. The van der Waals surface area contributed by atoms with Crippen molar-refractivity contribution in [2.45, 2.75) is 19.7 Å². The number of rotatable bonds is 4. The van der Waals surface area contributed by atoms with Gasteiger partial charge in [0.15, 0.2) is 5.82 Å². The highest BCUT2D eigenvalue weighted by Gasteiger charge is 2.30. The lowest BCUT2D eigenvalue weighted by Gasteiger charge is -2.10. The summed E-state index contributed by atoms with van der Waals surface area (Å²) in [5.41, 5.74) is 1.47. The van der Waals surface area contributed by atoms with E-state index in [2.05, 4.69) is 9.97 Å². The molecule has 6 heteroatoms. The molecule has 0 bridgehead atoms. The molecule has 0 radical (unpaired) electrons. The van der Waals surface area contributed by atoms with Crippen LogP contribution in [0.2, 0.25) is 0 Å². The van der Waals surface area contributed by atoms with Gasteiger partial charge in [0.05, 0.1) is 5.56 Å². The van der Waals surface area contributed by atoms with Crippen LogP contribution in [0.4, 0.5) is 13.2 Å². The zero-order valence-corrected chi connectivity index (χ0v) is 13.4. The van der Waals surface area contributed by atoms with Gasteiger partial charge < -0.3 is 4.74 Å². The maximum absolute atomic E-state index is 12.7. The van der Waals surface area contributed by atoms with E-state index < -0.39 is 11.7 Å². The Morgan fingerprint density at radius 3 is 2.24 bits per heavy atom. The molecular weight excluding hydrogens is 329 g/mol. The first kappa shape index (κ1) is 17.0. The van der Waals surface area contributed by atoms with E-state index in [0.29, 0.717) is 29.6 Å². The minimum absolute atomic E-state index is 0.330. The number of hydrogen-bond donors (Lipinski definition) is 0. The quantitative estimate of drug-likeness (QED) is 0.664. The highest BCUT2D eigenvalue weighted by Crippen LogP contribution is 2.30. The second kappa shape index (κ2) is 6.93. The smallest absolute Gasteiger partial charge is 0.416 e. The molecule has 0 aliphatic heterocycles. The minimum atomic E-state index is -4.37. The molecule has 0 atom stereocenters. The van der Waals surface area contributed by atoms with Crippen LogP contribution in [0.5, 0.6) is 5.88 Å². The van der Waals surface area contributed by atoms with Crippen LogP contribution in [-0.4, -0.2) is 9.97 Å². The molecule has 0 saturated carbocycles. The molecule has 0 unspecified atom stereocenters. The normalized spacial score (nSPS) is 11.4. The average molecular weight is 344 g/mol. The van der Waals surface area contributed by atoms with Crippen molar-refractivity contribution in [3.63, 3.8) is 0 Å². The van der Waals surface area contributed by atoms with Crippen molar-refractivity contribution >= 4 is 0 Å². The molecule has 1 heterocycles. The lowest BCUT2D eigenvalue weighted by molar-refractivity contribution is -0.137. The van der Waals surface area contributed by atoms with Gasteiger partial charge in [0.2, 0.25) is 5.88 Å². The van der Waals surface area contributed by atoms with Crippen LogP contribution >= 0.6 is 0 Å². The van der Waals surface area contributed by atoms with E-state index in [1.165, 1.54) is 12.1 Å². The number of nitrogens with zero attached hydrogens (tertiary/aromatic N) is 2. The van der Waals surface area contributed by atoms with Crippen molar-refractivity contribution in [3.05, 3.63) is 77.5 Å². The summed E-state index contributed by atoms with van der Waals surface area (Å²) in [6, 6.07) is 16.1. The fourth-order valence-corrected chi connectivity index (χ4v) is 2.28. The van der Waals surface area contributed by atoms with Gasteiger partial charge in [0.25, 0.3) is 0 Å². The Kier molecular flexibility index (Phi) is 4.70. The number of alkyl halides is 3. The first-order valence-corrected chi connectivity index (χ1v) is 7.62. The number of hydrogen-bond acceptors (Lipinski definition) is 3. The van der Waals surface area contributed by atoms with Gasteiger partial charge in [0.1, 0.15) is 6.61 Å². The Balaban J connectivity index is 1.81. The van der Waals surface area contributed by atoms with E-state index in [1.54, 1.807) is 13.0 Å². The standard InChI is InChI=1S/C19H15F3N2O/c1-13-11-17(25-12-14-5-3-2-4-6-14)24-18(23-13)15-7-9-16(10-8-15)19(20,21)22/h2-11H,12H2,1H3. The second-order valence-corrected chi connectivity index (χ2v) is 5.52. The maximum Gasteiger partial charge on any atom is 0.416 e. The third-order valence-corrected chi connectivity index (χ3v) is 3.53. The summed E-state index contributed by atoms with van der Waals surface area (Å²) in [7, 11) is 0. The maximum atomic E-state index is 12.7. The van der Waals surface area contributed by atoms with Crippen LogP contribution in [0.15, 0.2) is 60.7 Å². The average Bonchev–Trinajstić information content (AvgIpc) is 2.60. The Morgan fingerprint density at radius 1 is 0.920 bits per heavy atom. The number of benzene rings is 2. The highest BCUT2D eigenvalue weighted by molar-refractivity contribution is 5.56. The number of ether oxygens (including phenoxy) is 1. The van der Waals surface area contributed by atoms with Crippen LogP contribution < -0.4 is 4.74 Å². The lowest BCUT2D eigenvalue weighted by atomic mass is 10.1. The zero-order valence-electron chi connectivity index (χ0n) is 13.4. The first-order chi connectivity index (χ1) is 11.9. The third-order valence-electron chi connectivity index (χ3n) is 3.53. The summed E-state index contributed by atoms with van der Waals surface area (Å²) >= 11 is 0. The van der Waals surface area contributed by atoms with E-state index in [9.17, 15) is 13.2 Å². The number of halogens is 3. The molecule has 3 rings (SSSR count). The molecule has 25 heavy (non-hydrogen) atoms.